The van der Waals surface area contributed by atoms with E-state index in [1.807, 2.05) is 13.0 Å². The van der Waals surface area contributed by atoms with Gasteiger partial charge in [0.2, 0.25) is 4.96 Å². The molecule has 0 atom stereocenters. The zero-order valence-corrected chi connectivity index (χ0v) is 14.3. The molecule has 0 unspecified atom stereocenters. The van der Waals surface area contributed by atoms with Crippen LogP contribution in [0.25, 0.3) is 10.5 Å². The largest absolute Gasteiger partial charge is 0.294 e. The maximum atomic E-state index is 12.1. The Bertz CT molecular complexity index is 958. The van der Waals surface area contributed by atoms with Crippen LogP contribution in [0.3, 0.4) is 0 Å². The standard InChI is InChI=1S/C18H18N4OS/c1-13-20-22-17(23)11-16(19-18(22)24-13)12-21-9-7-15(8-10-21)14-5-3-2-4-6-14/h2-7,11H,8-10,12H2,1H3. The van der Waals surface area contributed by atoms with Gasteiger partial charge in [0.25, 0.3) is 5.56 Å². The molecule has 3 heterocycles. The minimum atomic E-state index is -0.100. The van der Waals surface area contributed by atoms with Crippen molar-refractivity contribution in [2.45, 2.75) is 19.9 Å². The van der Waals surface area contributed by atoms with E-state index in [1.165, 1.54) is 27.0 Å². The van der Waals surface area contributed by atoms with E-state index in [2.05, 4.69) is 45.3 Å². The molecule has 0 amide bonds. The van der Waals surface area contributed by atoms with Crippen molar-refractivity contribution in [1.82, 2.24) is 19.5 Å². The Morgan fingerprint density at radius 2 is 2.08 bits per heavy atom. The number of hydrogen-bond acceptors (Lipinski definition) is 5. The van der Waals surface area contributed by atoms with E-state index >= 15 is 0 Å². The van der Waals surface area contributed by atoms with Gasteiger partial charge in [-0.3, -0.25) is 9.69 Å². The summed E-state index contributed by atoms with van der Waals surface area (Å²) in [6, 6.07) is 12.1. The minimum absolute atomic E-state index is 0.100. The zero-order chi connectivity index (χ0) is 16.5. The first-order valence-electron chi connectivity index (χ1n) is 8.02. The van der Waals surface area contributed by atoms with Gasteiger partial charge < -0.3 is 0 Å². The number of rotatable bonds is 3. The third-order valence-electron chi connectivity index (χ3n) is 4.22. The fourth-order valence-electron chi connectivity index (χ4n) is 3.03. The van der Waals surface area contributed by atoms with Gasteiger partial charge in [0.1, 0.15) is 5.01 Å². The lowest BCUT2D eigenvalue weighted by Crippen LogP contribution is -2.29. The van der Waals surface area contributed by atoms with Crippen molar-refractivity contribution in [3.63, 3.8) is 0 Å². The van der Waals surface area contributed by atoms with Crippen LogP contribution in [0.1, 0.15) is 22.7 Å². The molecule has 4 rings (SSSR count). The first-order valence-corrected chi connectivity index (χ1v) is 8.84. The molecule has 0 saturated carbocycles. The molecule has 0 aliphatic carbocycles. The number of aryl methyl sites for hydroxylation is 1. The molecule has 122 valence electrons. The monoisotopic (exact) mass is 338 g/mol. The van der Waals surface area contributed by atoms with Gasteiger partial charge in [-0.15, -0.1) is 0 Å². The fraction of sp³-hybridized carbons (Fsp3) is 0.278. The van der Waals surface area contributed by atoms with Gasteiger partial charge in [0.05, 0.1) is 5.69 Å². The Balaban J connectivity index is 1.51. The first kappa shape index (κ1) is 15.2. The molecule has 1 aromatic carbocycles. The van der Waals surface area contributed by atoms with Crippen LogP contribution < -0.4 is 5.56 Å². The second-order valence-corrected chi connectivity index (χ2v) is 7.14. The number of nitrogens with zero attached hydrogens (tertiary/aromatic N) is 4. The van der Waals surface area contributed by atoms with Gasteiger partial charge in [0, 0.05) is 25.7 Å². The lowest BCUT2D eigenvalue weighted by Gasteiger charge is -2.26. The summed E-state index contributed by atoms with van der Waals surface area (Å²) < 4.78 is 1.38. The molecule has 0 fully saturated rings. The highest BCUT2D eigenvalue weighted by Gasteiger charge is 2.15. The molecule has 6 heteroatoms. The molecule has 3 aromatic rings. The van der Waals surface area contributed by atoms with E-state index in [0.29, 0.717) is 11.5 Å². The third-order valence-corrected chi connectivity index (χ3v) is 5.05. The molecule has 0 radical (unpaired) electrons. The van der Waals surface area contributed by atoms with Crippen LogP contribution in [-0.4, -0.2) is 32.6 Å². The van der Waals surface area contributed by atoms with E-state index in [-0.39, 0.29) is 5.56 Å². The summed E-state index contributed by atoms with van der Waals surface area (Å²) in [4.78, 5) is 19.7. The molecular formula is C18H18N4OS. The van der Waals surface area contributed by atoms with Gasteiger partial charge in [0.15, 0.2) is 0 Å². The summed E-state index contributed by atoms with van der Waals surface area (Å²) in [5, 5.41) is 5.03. The maximum Gasteiger partial charge on any atom is 0.275 e. The Kier molecular flexibility index (Phi) is 4.00. The smallest absolute Gasteiger partial charge is 0.275 e. The summed E-state index contributed by atoms with van der Waals surface area (Å²) in [6.45, 7) is 4.44. The predicted molar refractivity (Wildman–Crippen MR) is 96.2 cm³/mol. The molecule has 0 N–H and O–H groups in total. The zero-order valence-electron chi connectivity index (χ0n) is 13.5. The SMILES string of the molecule is Cc1nn2c(=O)cc(CN3CC=C(c4ccccc4)CC3)nc2s1. The van der Waals surface area contributed by atoms with Crippen molar-refractivity contribution in [3.05, 3.63) is 69.1 Å². The average Bonchev–Trinajstić information content (AvgIpc) is 2.97. The van der Waals surface area contributed by atoms with Crippen LogP contribution in [0.4, 0.5) is 0 Å². The molecule has 1 aliphatic rings. The van der Waals surface area contributed by atoms with E-state index in [1.54, 1.807) is 6.07 Å². The molecule has 24 heavy (non-hydrogen) atoms. The van der Waals surface area contributed by atoms with Crippen LogP contribution in [0, 0.1) is 6.92 Å². The summed E-state index contributed by atoms with van der Waals surface area (Å²) in [7, 11) is 0. The first-order chi connectivity index (χ1) is 11.7. The van der Waals surface area contributed by atoms with Crippen LogP contribution in [-0.2, 0) is 6.54 Å². The number of fused-ring (bicyclic) bond motifs is 1. The average molecular weight is 338 g/mol. The molecule has 1 aliphatic heterocycles. The summed E-state index contributed by atoms with van der Waals surface area (Å²) in [5.41, 5.74) is 3.42. The van der Waals surface area contributed by atoms with E-state index in [0.717, 1.165) is 30.2 Å². The van der Waals surface area contributed by atoms with Crippen molar-refractivity contribution in [2.75, 3.05) is 13.1 Å². The Hall–Kier alpha value is -2.31. The second kappa shape index (κ2) is 6.30. The molecule has 0 spiro atoms. The molecule has 0 saturated heterocycles. The molecule has 0 bridgehead atoms. The Labute approximate surface area is 143 Å². The quantitative estimate of drug-likeness (QED) is 0.737. The molecule has 5 nitrogen and oxygen atoms in total. The summed E-state index contributed by atoms with van der Waals surface area (Å²) in [5.74, 6) is 0. The number of benzene rings is 1. The second-order valence-electron chi connectivity index (χ2n) is 5.98. The summed E-state index contributed by atoms with van der Waals surface area (Å²) in [6.07, 6.45) is 3.30. The van der Waals surface area contributed by atoms with Crippen LogP contribution in [0.15, 0.2) is 47.3 Å². The number of hydrogen-bond donors (Lipinski definition) is 0. The van der Waals surface area contributed by atoms with Gasteiger partial charge in [-0.05, 0) is 24.5 Å². The van der Waals surface area contributed by atoms with Gasteiger partial charge >= 0.3 is 0 Å². The lowest BCUT2D eigenvalue weighted by atomic mass is 9.99. The highest BCUT2D eigenvalue weighted by Crippen LogP contribution is 2.22. The summed E-state index contributed by atoms with van der Waals surface area (Å²) >= 11 is 1.45. The van der Waals surface area contributed by atoms with Crippen molar-refractivity contribution in [2.24, 2.45) is 0 Å². The predicted octanol–water partition coefficient (Wildman–Crippen LogP) is 2.75. The van der Waals surface area contributed by atoms with Crippen molar-refractivity contribution in [3.8, 4) is 0 Å². The molecule has 2 aromatic heterocycles. The highest BCUT2D eigenvalue weighted by atomic mass is 32.1. The van der Waals surface area contributed by atoms with Crippen molar-refractivity contribution in [1.29, 1.82) is 0 Å². The normalized spacial score (nSPS) is 15.6. The molecular weight excluding hydrogens is 320 g/mol. The number of aromatic nitrogens is 3. The van der Waals surface area contributed by atoms with Crippen LogP contribution >= 0.6 is 11.3 Å². The van der Waals surface area contributed by atoms with Gasteiger partial charge in [-0.25, -0.2) is 4.98 Å². The maximum absolute atomic E-state index is 12.1. The van der Waals surface area contributed by atoms with Crippen LogP contribution in [0.5, 0.6) is 0 Å². The van der Waals surface area contributed by atoms with Crippen molar-refractivity contribution >= 4 is 21.9 Å². The van der Waals surface area contributed by atoms with Gasteiger partial charge in [-0.1, -0.05) is 47.7 Å². The van der Waals surface area contributed by atoms with Crippen LogP contribution in [0.2, 0.25) is 0 Å². The van der Waals surface area contributed by atoms with E-state index in [9.17, 15) is 4.79 Å². The third kappa shape index (κ3) is 3.02. The topological polar surface area (TPSA) is 50.5 Å². The Morgan fingerprint density at radius 3 is 2.83 bits per heavy atom. The minimum Gasteiger partial charge on any atom is -0.294 e. The van der Waals surface area contributed by atoms with E-state index in [4.69, 9.17) is 0 Å². The lowest BCUT2D eigenvalue weighted by molar-refractivity contribution is 0.290. The fourth-order valence-corrected chi connectivity index (χ4v) is 3.80. The van der Waals surface area contributed by atoms with Crippen molar-refractivity contribution < 1.29 is 0 Å². The highest BCUT2D eigenvalue weighted by molar-refractivity contribution is 7.16. The Morgan fingerprint density at radius 1 is 1.25 bits per heavy atom. The van der Waals surface area contributed by atoms with E-state index < -0.39 is 0 Å². The van der Waals surface area contributed by atoms with Gasteiger partial charge in [-0.2, -0.15) is 9.61 Å².